The van der Waals surface area contributed by atoms with E-state index in [0.29, 0.717) is 17.6 Å². The summed E-state index contributed by atoms with van der Waals surface area (Å²) in [5.41, 5.74) is 2.47. The number of ether oxygens (including phenoxy) is 1. The number of anilines is 1. The van der Waals surface area contributed by atoms with Crippen LogP contribution in [0.2, 0.25) is 0 Å². The molecule has 4 saturated heterocycles. The van der Waals surface area contributed by atoms with Crippen LogP contribution in [0.25, 0.3) is 21.7 Å². The molecule has 0 unspecified atom stereocenters. The molecule has 3 aromatic rings. The van der Waals surface area contributed by atoms with Crippen molar-refractivity contribution in [3.63, 3.8) is 0 Å². The molecule has 1 spiro atoms. The fourth-order valence-corrected chi connectivity index (χ4v) is 6.07. The number of hydrogen-bond donors (Lipinski definition) is 0. The van der Waals surface area contributed by atoms with Crippen LogP contribution in [0.5, 0.6) is 0 Å². The van der Waals surface area contributed by atoms with Crippen LogP contribution in [0.4, 0.5) is 9.93 Å². The first-order chi connectivity index (χ1) is 14.7. The lowest BCUT2D eigenvalue weighted by molar-refractivity contribution is -0.0881. The number of carbonyl (C=O) groups is 1. The SMILES string of the molecule is O=C1O[C@]2(CN3CCC2CC3)CN1c1nc(-c2ccncc2)c(-c2ccncc2)s1. The molecule has 152 valence electrons. The molecule has 1 amide bonds. The van der Waals surface area contributed by atoms with Crippen molar-refractivity contribution < 1.29 is 9.53 Å². The Bertz CT molecular complexity index is 1020. The zero-order chi connectivity index (χ0) is 20.1. The van der Waals surface area contributed by atoms with E-state index in [1.54, 1.807) is 29.7 Å². The quantitative estimate of drug-likeness (QED) is 0.645. The summed E-state index contributed by atoms with van der Waals surface area (Å²) >= 11 is 1.53. The van der Waals surface area contributed by atoms with Crippen LogP contribution in [-0.2, 0) is 4.74 Å². The molecule has 0 aliphatic carbocycles. The molecule has 30 heavy (non-hydrogen) atoms. The Morgan fingerprint density at radius 1 is 0.967 bits per heavy atom. The zero-order valence-electron chi connectivity index (χ0n) is 16.4. The zero-order valence-corrected chi connectivity index (χ0v) is 17.2. The summed E-state index contributed by atoms with van der Waals surface area (Å²) in [5.74, 6) is 0.441. The van der Waals surface area contributed by atoms with Crippen LogP contribution in [0.3, 0.4) is 0 Å². The number of pyridine rings is 2. The van der Waals surface area contributed by atoms with E-state index in [-0.39, 0.29) is 6.09 Å². The van der Waals surface area contributed by atoms with Gasteiger partial charge >= 0.3 is 6.09 Å². The van der Waals surface area contributed by atoms with E-state index in [2.05, 4.69) is 14.9 Å². The number of carbonyl (C=O) groups excluding carboxylic acids is 1. The Balaban J connectivity index is 1.40. The second kappa shape index (κ2) is 6.85. The Morgan fingerprint density at radius 3 is 2.27 bits per heavy atom. The Kier molecular flexibility index (Phi) is 4.10. The molecule has 4 aliphatic rings. The summed E-state index contributed by atoms with van der Waals surface area (Å²) in [6.07, 6.45) is 9.00. The highest BCUT2D eigenvalue weighted by molar-refractivity contribution is 7.19. The fraction of sp³-hybridized carbons (Fsp3) is 0.364. The monoisotopic (exact) mass is 419 g/mol. The van der Waals surface area contributed by atoms with Gasteiger partial charge in [-0.25, -0.2) is 14.7 Å². The highest BCUT2D eigenvalue weighted by Crippen LogP contribution is 2.46. The average molecular weight is 420 g/mol. The molecular weight excluding hydrogens is 398 g/mol. The van der Waals surface area contributed by atoms with Crippen molar-refractivity contribution >= 4 is 22.6 Å². The standard InChI is InChI=1S/C22H21N5O2S/c28-21-27(14-22(29-21)13-26-11-5-17(22)6-12-26)20-25-18(15-1-7-23-8-2-15)19(30-20)16-3-9-24-10-4-16/h1-4,7-10,17H,5-6,11-14H2/t22-/m1/s1. The number of nitrogens with zero attached hydrogens (tertiary/aromatic N) is 5. The van der Waals surface area contributed by atoms with E-state index in [1.165, 1.54) is 11.3 Å². The average Bonchev–Trinajstić information content (AvgIpc) is 3.37. The van der Waals surface area contributed by atoms with Crippen LogP contribution >= 0.6 is 11.3 Å². The van der Waals surface area contributed by atoms with Gasteiger partial charge in [-0.1, -0.05) is 11.3 Å². The third-order valence-corrected chi connectivity index (χ3v) is 7.63. The molecule has 2 bridgehead atoms. The number of hydrogen-bond acceptors (Lipinski definition) is 7. The first-order valence-electron chi connectivity index (χ1n) is 10.3. The fourth-order valence-electron chi connectivity index (χ4n) is 4.99. The molecule has 1 atom stereocenters. The second-order valence-electron chi connectivity index (χ2n) is 8.22. The van der Waals surface area contributed by atoms with Crippen LogP contribution in [0.1, 0.15) is 12.8 Å². The largest absolute Gasteiger partial charge is 0.439 e. The van der Waals surface area contributed by atoms with E-state index >= 15 is 0 Å². The molecule has 8 heteroatoms. The summed E-state index contributed by atoms with van der Waals surface area (Å²) in [5, 5.41) is 0.687. The Labute approximate surface area is 178 Å². The van der Waals surface area contributed by atoms with Crippen molar-refractivity contribution in [2.24, 2.45) is 5.92 Å². The maximum absolute atomic E-state index is 12.9. The van der Waals surface area contributed by atoms with Crippen molar-refractivity contribution in [1.82, 2.24) is 19.9 Å². The third kappa shape index (κ3) is 2.82. The lowest BCUT2D eigenvalue weighted by Gasteiger charge is -2.49. The molecule has 0 radical (unpaired) electrons. The summed E-state index contributed by atoms with van der Waals surface area (Å²) < 4.78 is 6.04. The van der Waals surface area contributed by atoms with Crippen molar-refractivity contribution in [2.75, 3.05) is 31.1 Å². The molecule has 0 saturated carbocycles. The first kappa shape index (κ1) is 18.0. The van der Waals surface area contributed by atoms with E-state index < -0.39 is 5.60 Å². The van der Waals surface area contributed by atoms with Crippen molar-refractivity contribution in [3.8, 4) is 21.7 Å². The van der Waals surface area contributed by atoms with Crippen LogP contribution in [0, 0.1) is 5.92 Å². The molecule has 7 heterocycles. The molecule has 0 aromatic carbocycles. The summed E-state index contributed by atoms with van der Waals surface area (Å²) in [6, 6.07) is 7.83. The molecule has 7 rings (SSSR count). The highest BCUT2D eigenvalue weighted by Gasteiger charge is 2.56. The minimum atomic E-state index is -0.396. The smallest absolute Gasteiger partial charge is 0.416 e. The van der Waals surface area contributed by atoms with Crippen LogP contribution in [0.15, 0.2) is 49.1 Å². The van der Waals surface area contributed by atoms with Gasteiger partial charge in [-0.15, -0.1) is 0 Å². The second-order valence-corrected chi connectivity index (χ2v) is 9.19. The van der Waals surface area contributed by atoms with Gasteiger partial charge in [0.05, 0.1) is 17.1 Å². The highest BCUT2D eigenvalue weighted by atomic mass is 32.1. The lowest BCUT2D eigenvalue weighted by atomic mass is 9.75. The maximum Gasteiger partial charge on any atom is 0.416 e. The van der Waals surface area contributed by atoms with E-state index in [4.69, 9.17) is 9.72 Å². The number of aromatic nitrogens is 3. The minimum absolute atomic E-state index is 0.278. The van der Waals surface area contributed by atoms with Gasteiger partial charge in [0.25, 0.3) is 0 Å². The predicted molar refractivity (Wildman–Crippen MR) is 114 cm³/mol. The van der Waals surface area contributed by atoms with E-state index in [9.17, 15) is 4.79 Å². The predicted octanol–water partition coefficient (Wildman–Crippen LogP) is 3.69. The normalized spacial score (nSPS) is 27.6. The molecule has 4 aliphatic heterocycles. The van der Waals surface area contributed by atoms with Gasteiger partial charge in [0.2, 0.25) is 0 Å². The molecular formula is C22H21N5O2S. The molecule has 3 aromatic heterocycles. The first-order valence-corrected chi connectivity index (χ1v) is 11.1. The summed E-state index contributed by atoms with van der Waals surface area (Å²) in [6.45, 7) is 3.63. The van der Waals surface area contributed by atoms with Crippen molar-refractivity contribution in [2.45, 2.75) is 18.4 Å². The van der Waals surface area contributed by atoms with Gasteiger partial charge < -0.3 is 4.74 Å². The number of fused-ring (bicyclic) bond motifs is 2. The summed E-state index contributed by atoms with van der Waals surface area (Å²) in [7, 11) is 0. The number of rotatable bonds is 3. The molecule has 7 nitrogen and oxygen atoms in total. The van der Waals surface area contributed by atoms with Crippen LogP contribution in [-0.4, -0.2) is 57.7 Å². The lowest BCUT2D eigenvalue weighted by Crippen LogP contribution is -2.61. The van der Waals surface area contributed by atoms with Crippen molar-refractivity contribution in [3.05, 3.63) is 49.1 Å². The molecule has 4 fully saturated rings. The van der Waals surface area contributed by atoms with Gasteiger partial charge in [0.1, 0.15) is 5.60 Å². The Morgan fingerprint density at radius 2 is 1.63 bits per heavy atom. The maximum atomic E-state index is 12.9. The Hall–Kier alpha value is -2.84. The van der Waals surface area contributed by atoms with Gasteiger partial charge in [-0.3, -0.25) is 14.9 Å². The van der Waals surface area contributed by atoms with E-state index in [0.717, 1.165) is 54.2 Å². The van der Waals surface area contributed by atoms with E-state index in [1.807, 2.05) is 24.3 Å². The number of piperidine rings is 3. The topological polar surface area (TPSA) is 71.5 Å². The van der Waals surface area contributed by atoms with Gasteiger partial charge in [-0.2, -0.15) is 0 Å². The number of amides is 1. The van der Waals surface area contributed by atoms with Crippen molar-refractivity contribution in [1.29, 1.82) is 0 Å². The third-order valence-electron chi connectivity index (χ3n) is 6.50. The van der Waals surface area contributed by atoms with Gasteiger partial charge in [-0.05, 0) is 55.8 Å². The van der Waals surface area contributed by atoms with Gasteiger partial charge in [0, 0.05) is 42.8 Å². The minimum Gasteiger partial charge on any atom is -0.439 e. The number of thiazole rings is 1. The van der Waals surface area contributed by atoms with Crippen LogP contribution < -0.4 is 4.90 Å². The molecule has 0 N–H and O–H groups in total. The summed E-state index contributed by atoms with van der Waals surface area (Å²) in [4.78, 5) is 31.3. The van der Waals surface area contributed by atoms with Gasteiger partial charge in [0.15, 0.2) is 5.13 Å².